The van der Waals surface area contributed by atoms with Crippen molar-refractivity contribution in [3.63, 3.8) is 0 Å². The number of nitro groups is 1. The zero-order valence-electron chi connectivity index (χ0n) is 20.2. The minimum Gasteiger partial charge on any atom is -0.489 e. The summed E-state index contributed by atoms with van der Waals surface area (Å²) < 4.78 is 17.4. The first-order valence-electron chi connectivity index (χ1n) is 11.8. The Labute approximate surface area is 218 Å². The van der Waals surface area contributed by atoms with Crippen molar-refractivity contribution in [3.8, 4) is 11.5 Å². The predicted octanol–water partition coefficient (Wildman–Crippen LogP) is 6.10. The minimum atomic E-state index is -0.628. The van der Waals surface area contributed by atoms with Gasteiger partial charge in [-0.25, -0.2) is 9.79 Å². The SMILES string of the molecule is O=C1OC(c2ccc([N+](=O)[O-])cc2)=N/C1=C/c1ccc(OCc2ccccc2)cc1OCc1ccccc1. The molecule has 0 atom stereocenters. The predicted molar refractivity (Wildman–Crippen MR) is 142 cm³/mol. The van der Waals surface area contributed by atoms with Crippen molar-refractivity contribution in [2.45, 2.75) is 13.2 Å². The van der Waals surface area contributed by atoms with Crippen molar-refractivity contribution in [2.75, 3.05) is 0 Å². The molecule has 0 amide bonds. The van der Waals surface area contributed by atoms with Crippen LogP contribution in [0.5, 0.6) is 11.5 Å². The maximum atomic E-state index is 12.6. The fraction of sp³-hybridized carbons (Fsp3) is 0.0667. The molecule has 0 saturated carbocycles. The first-order valence-corrected chi connectivity index (χ1v) is 11.8. The molecule has 8 heteroatoms. The fourth-order valence-corrected chi connectivity index (χ4v) is 3.73. The maximum Gasteiger partial charge on any atom is 0.363 e. The Kier molecular flexibility index (Phi) is 7.22. The highest BCUT2D eigenvalue weighted by atomic mass is 16.6. The number of nitrogens with zero attached hydrogens (tertiary/aromatic N) is 2. The van der Waals surface area contributed by atoms with Crippen LogP contribution in [0.1, 0.15) is 22.3 Å². The maximum absolute atomic E-state index is 12.6. The molecule has 0 saturated heterocycles. The molecule has 4 aromatic carbocycles. The average Bonchev–Trinajstić information content (AvgIpc) is 3.32. The molecule has 0 radical (unpaired) electrons. The molecule has 0 spiro atoms. The molecule has 38 heavy (non-hydrogen) atoms. The highest BCUT2D eigenvalue weighted by molar-refractivity contribution is 6.13. The van der Waals surface area contributed by atoms with Gasteiger partial charge in [-0.05, 0) is 41.5 Å². The van der Waals surface area contributed by atoms with Gasteiger partial charge in [-0.15, -0.1) is 0 Å². The molecular weight excluding hydrogens is 484 g/mol. The van der Waals surface area contributed by atoms with Gasteiger partial charge in [-0.1, -0.05) is 60.7 Å². The smallest absolute Gasteiger partial charge is 0.363 e. The second-order valence-corrected chi connectivity index (χ2v) is 8.39. The summed E-state index contributed by atoms with van der Waals surface area (Å²) in [4.78, 5) is 27.3. The van der Waals surface area contributed by atoms with Crippen molar-refractivity contribution in [1.82, 2.24) is 0 Å². The number of cyclic esters (lactones) is 1. The number of ether oxygens (including phenoxy) is 3. The van der Waals surface area contributed by atoms with E-state index in [4.69, 9.17) is 14.2 Å². The third-order valence-electron chi connectivity index (χ3n) is 5.71. The number of nitro benzene ring substituents is 1. The first-order chi connectivity index (χ1) is 18.5. The highest BCUT2D eigenvalue weighted by Crippen LogP contribution is 2.30. The van der Waals surface area contributed by atoms with Crippen molar-refractivity contribution in [3.05, 3.63) is 141 Å². The Balaban J connectivity index is 1.41. The summed E-state index contributed by atoms with van der Waals surface area (Å²) in [5.41, 5.74) is 3.11. The van der Waals surface area contributed by atoms with Gasteiger partial charge in [0.05, 0.1) is 4.92 Å². The van der Waals surface area contributed by atoms with E-state index in [0.29, 0.717) is 35.8 Å². The van der Waals surface area contributed by atoms with Crippen LogP contribution in [0.4, 0.5) is 5.69 Å². The standard InChI is InChI=1S/C30H22N2O6/c33-30-27(31-29(38-30)23-11-14-25(15-12-23)32(34)35)17-24-13-16-26(36-19-21-7-3-1-4-8-21)18-28(24)37-20-22-9-5-2-6-10-22/h1-18H,19-20H2/b27-17+. The molecule has 0 aliphatic carbocycles. The number of non-ortho nitro benzene ring substituents is 1. The number of esters is 1. The van der Waals surface area contributed by atoms with Gasteiger partial charge in [0.2, 0.25) is 5.90 Å². The van der Waals surface area contributed by atoms with Crippen LogP contribution in [0.3, 0.4) is 0 Å². The molecule has 1 aliphatic heterocycles. The summed E-state index contributed by atoms with van der Waals surface area (Å²) in [7, 11) is 0. The zero-order chi connectivity index (χ0) is 26.3. The van der Waals surface area contributed by atoms with Gasteiger partial charge in [0.25, 0.3) is 5.69 Å². The van der Waals surface area contributed by atoms with Gasteiger partial charge < -0.3 is 14.2 Å². The number of rotatable bonds is 9. The lowest BCUT2D eigenvalue weighted by molar-refractivity contribution is -0.384. The van der Waals surface area contributed by atoms with E-state index in [1.54, 1.807) is 24.3 Å². The zero-order valence-corrected chi connectivity index (χ0v) is 20.2. The molecule has 1 heterocycles. The first kappa shape index (κ1) is 24.5. The van der Waals surface area contributed by atoms with E-state index in [2.05, 4.69) is 4.99 Å². The second kappa shape index (κ2) is 11.2. The number of carbonyl (C=O) groups excluding carboxylic acids is 1. The van der Waals surface area contributed by atoms with E-state index in [1.165, 1.54) is 24.3 Å². The van der Waals surface area contributed by atoms with Crippen LogP contribution in [-0.4, -0.2) is 16.8 Å². The summed E-state index contributed by atoms with van der Waals surface area (Å²) in [6.45, 7) is 0.718. The normalized spacial score (nSPS) is 13.6. The lowest BCUT2D eigenvalue weighted by Gasteiger charge is -2.13. The van der Waals surface area contributed by atoms with Crippen LogP contribution in [0.25, 0.3) is 6.08 Å². The van der Waals surface area contributed by atoms with E-state index in [9.17, 15) is 14.9 Å². The van der Waals surface area contributed by atoms with E-state index in [0.717, 1.165) is 11.1 Å². The number of aliphatic imine (C=N–C) groups is 1. The van der Waals surface area contributed by atoms with Crippen molar-refractivity contribution in [1.29, 1.82) is 0 Å². The van der Waals surface area contributed by atoms with Crippen LogP contribution in [0, 0.1) is 10.1 Å². The van der Waals surface area contributed by atoms with Gasteiger partial charge in [0.15, 0.2) is 5.70 Å². The number of hydrogen-bond donors (Lipinski definition) is 0. The summed E-state index contributed by atoms with van der Waals surface area (Å²) in [5, 5.41) is 10.9. The summed E-state index contributed by atoms with van der Waals surface area (Å²) >= 11 is 0. The van der Waals surface area contributed by atoms with Gasteiger partial charge in [-0.3, -0.25) is 10.1 Å². The third kappa shape index (κ3) is 5.93. The van der Waals surface area contributed by atoms with Crippen molar-refractivity contribution >= 4 is 23.6 Å². The number of carbonyl (C=O) groups is 1. The van der Waals surface area contributed by atoms with E-state index >= 15 is 0 Å². The molecule has 0 N–H and O–H groups in total. The molecule has 0 unspecified atom stereocenters. The Morgan fingerprint density at radius 1 is 0.816 bits per heavy atom. The van der Waals surface area contributed by atoms with Crippen LogP contribution in [-0.2, 0) is 22.7 Å². The second-order valence-electron chi connectivity index (χ2n) is 8.39. The van der Waals surface area contributed by atoms with Gasteiger partial charge in [-0.2, -0.15) is 0 Å². The lowest BCUT2D eigenvalue weighted by atomic mass is 10.1. The highest BCUT2D eigenvalue weighted by Gasteiger charge is 2.25. The molecule has 8 nitrogen and oxygen atoms in total. The Bertz CT molecular complexity index is 1510. The van der Waals surface area contributed by atoms with Gasteiger partial charge >= 0.3 is 5.97 Å². The monoisotopic (exact) mass is 506 g/mol. The van der Waals surface area contributed by atoms with Crippen LogP contribution in [0.2, 0.25) is 0 Å². The fourth-order valence-electron chi connectivity index (χ4n) is 3.73. The molecule has 1 aliphatic rings. The van der Waals surface area contributed by atoms with E-state index < -0.39 is 10.9 Å². The van der Waals surface area contributed by atoms with Crippen LogP contribution in [0.15, 0.2) is 114 Å². The number of hydrogen-bond acceptors (Lipinski definition) is 7. The molecule has 188 valence electrons. The minimum absolute atomic E-state index is 0.0655. The summed E-state index contributed by atoms with van der Waals surface area (Å²) in [5.74, 6) is 0.573. The lowest BCUT2D eigenvalue weighted by Crippen LogP contribution is -2.05. The average molecular weight is 507 g/mol. The molecule has 5 rings (SSSR count). The van der Waals surface area contributed by atoms with Gasteiger partial charge in [0, 0.05) is 29.3 Å². The number of benzene rings is 4. The summed E-state index contributed by atoms with van der Waals surface area (Å²) in [6.07, 6.45) is 1.59. The molecule has 0 bridgehead atoms. The third-order valence-corrected chi connectivity index (χ3v) is 5.71. The molecule has 0 fully saturated rings. The van der Waals surface area contributed by atoms with Crippen molar-refractivity contribution in [2.24, 2.45) is 4.99 Å². The van der Waals surface area contributed by atoms with E-state index in [1.807, 2.05) is 60.7 Å². The Morgan fingerprint density at radius 2 is 1.45 bits per heavy atom. The molecule has 0 aromatic heterocycles. The van der Waals surface area contributed by atoms with E-state index in [-0.39, 0.29) is 17.3 Å². The van der Waals surface area contributed by atoms with Crippen LogP contribution >= 0.6 is 0 Å². The largest absolute Gasteiger partial charge is 0.489 e. The quantitative estimate of drug-likeness (QED) is 0.118. The topological polar surface area (TPSA) is 100 Å². The van der Waals surface area contributed by atoms with Crippen LogP contribution < -0.4 is 9.47 Å². The van der Waals surface area contributed by atoms with Crippen molar-refractivity contribution < 1.29 is 23.9 Å². The molecule has 4 aromatic rings. The van der Waals surface area contributed by atoms with Gasteiger partial charge in [0.1, 0.15) is 24.7 Å². The Hall–Kier alpha value is -5.24. The molecular formula is C30H22N2O6. The summed E-state index contributed by atoms with van der Waals surface area (Å²) in [6, 6.07) is 30.5. The Morgan fingerprint density at radius 3 is 2.08 bits per heavy atom.